The molecule has 0 aromatic heterocycles. The van der Waals surface area contributed by atoms with E-state index in [0.717, 1.165) is 22.3 Å². The number of amides is 2. The average Bonchev–Trinajstić information content (AvgIpc) is 3.43. The van der Waals surface area contributed by atoms with Crippen molar-refractivity contribution in [3.63, 3.8) is 0 Å². The van der Waals surface area contributed by atoms with E-state index in [0.29, 0.717) is 12.8 Å². The Labute approximate surface area is 193 Å². The summed E-state index contributed by atoms with van der Waals surface area (Å²) >= 11 is 0. The second kappa shape index (κ2) is 9.25. The maximum absolute atomic E-state index is 12.6. The molecule has 4 rings (SSSR count). The van der Waals surface area contributed by atoms with Crippen LogP contribution < -0.4 is 10.6 Å². The Morgan fingerprint density at radius 2 is 1.61 bits per heavy atom. The van der Waals surface area contributed by atoms with Gasteiger partial charge in [0, 0.05) is 18.4 Å². The third kappa shape index (κ3) is 5.18. The lowest BCUT2D eigenvalue weighted by molar-refractivity contribution is -0.138. The predicted octanol–water partition coefficient (Wildman–Crippen LogP) is 4.06. The van der Waals surface area contributed by atoms with E-state index >= 15 is 0 Å². The molecule has 7 heteroatoms. The number of aliphatic carboxylic acids is 1. The molecule has 0 radical (unpaired) electrons. The van der Waals surface area contributed by atoms with Crippen molar-refractivity contribution in [1.29, 1.82) is 0 Å². The zero-order chi connectivity index (χ0) is 23.6. The van der Waals surface area contributed by atoms with E-state index in [2.05, 4.69) is 34.9 Å². The number of fused-ring (bicyclic) bond motifs is 3. The van der Waals surface area contributed by atoms with Gasteiger partial charge in [0.05, 0.1) is 12.0 Å². The van der Waals surface area contributed by atoms with Crippen molar-refractivity contribution in [3.8, 4) is 11.1 Å². The van der Waals surface area contributed by atoms with E-state index in [1.54, 1.807) is 0 Å². The highest BCUT2D eigenvalue weighted by Gasteiger charge is 2.46. The summed E-state index contributed by atoms with van der Waals surface area (Å²) in [5.74, 6) is -1.21. The molecule has 0 bridgehead atoms. The number of hydrogen-bond donors (Lipinski definition) is 3. The first-order valence-corrected chi connectivity index (χ1v) is 11.4. The third-order valence-electron chi connectivity index (χ3n) is 6.60. The van der Waals surface area contributed by atoms with Gasteiger partial charge in [0.25, 0.3) is 0 Å². The van der Waals surface area contributed by atoms with Crippen molar-refractivity contribution >= 4 is 18.0 Å². The van der Waals surface area contributed by atoms with Crippen LogP contribution in [0.4, 0.5) is 4.79 Å². The maximum atomic E-state index is 12.6. The Balaban J connectivity index is 1.34. The highest BCUT2D eigenvalue weighted by atomic mass is 16.5. The van der Waals surface area contributed by atoms with Crippen molar-refractivity contribution in [1.82, 2.24) is 10.6 Å². The van der Waals surface area contributed by atoms with Crippen LogP contribution in [0, 0.1) is 5.92 Å². The first kappa shape index (κ1) is 22.8. The van der Waals surface area contributed by atoms with E-state index in [4.69, 9.17) is 9.84 Å². The van der Waals surface area contributed by atoms with Crippen LogP contribution in [0.15, 0.2) is 48.5 Å². The van der Waals surface area contributed by atoms with Crippen LogP contribution in [-0.4, -0.2) is 41.3 Å². The molecule has 2 amide bonds. The van der Waals surface area contributed by atoms with Gasteiger partial charge in [-0.15, -0.1) is 0 Å². The Hall–Kier alpha value is -3.35. The molecular formula is C26H30N2O5. The summed E-state index contributed by atoms with van der Waals surface area (Å²) in [4.78, 5) is 36.2. The average molecular weight is 451 g/mol. The van der Waals surface area contributed by atoms with Crippen molar-refractivity contribution in [2.75, 3.05) is 6.61 Å². The molecule has 2 aromatic carbocycles. The first-order chi connectivity index (χ1) is 15.8. The number of rotatable bonds is 9. The first-order valence-electron chi connectivity index (χ1n) is 11.4. The van der Waals surface area contributed by atoms with Crippen LogP contribution in [0.1, 0.15) is 56.6 Å². The lowest BCUT2D eigenvalue weighted by atomic mass is 9.98. The number of benzene rings is 2. The van der Waals surface area contributed by atoms with E-state index in [9.17, 15) is 14.4 Å². The summed E-state index contributed by atoms with van der Waals surface area (Å²) in [7, 11) is 0. The van der Waals surface area contributed by atoms with Gasteiger partial charge in [-0.1, -0.05) is 62.4 Å². The minimum Gasteiger partial charge on any atom is -0.481 e. The van der Waals surface area contributed by atoms with Gasteiger partial charge in [0.1, 0.15) is 6.61 Å². The van der Waals surface area contributed by atoms with Crippen LogP contribution in [0.25, 0.3) is 11.1 Å². The highest BCUT2D eigenvalue weighted by Crippen LogP contribution is 2.44. The molecule has 3 N–H and O–H groups in total. The largest absolute Gasteiger partial charge is 0.481 e. The zero-order valence-electron chi connectivity index (χ0n) is 19.0. The number of carbonyl (C=O) groups is 3. The molecule has 0 aliphatic heterocycles. The maximum Gasteiger partial charge on any atom is 0.407 e. The van der Waals surface area contributed by atoms with Crippen LogP contribution >= 0.6 is 0 Å². The number of alkyl carbamates (subject to hydrolysis) is 1. The Kier molecular flexibility index (Phi) is 6.40. The number of carboxylic acid groups (broad SMARTS) is 1. The SMILES string of the molecule is CC(C)C(CC(=O)NC1(CC(=O)O)CC1)NC(=O)OCC1c2ccccc2-c2ccccc21. The van der Waals surface area contributed by atoms with Crippen LogP contribution in [0.5, 0.6) is 0 Å². The fourth-order valence-corrected chi connectivity index (χ4v) is 4.58. The van der Waals surface area contributed by atoms with Crippen molar-refractivity contribution in [2.24, 2.45) is 5.92 Å². The molecule has 1 atom stereocenters. The Bertz CT molecular complexity index is 1010. The zero-order valence-corrected chi connectivity index (χ0v) is 19.0. The molecule has 2 aliphatic rings. The Morgan fingerprint density at radius 1 is 1.03 bits per heavy atom. The standard InChI is InChI=1S/C26H30N2O5/c1-16(2)22(13-23(29)28-26(11-12-26)14-24(30)31)27-25(32)33-15-21-19-9-5-3-7-17(19)18-8-4-6-10-20(18)21/h3-10,16,21-22H,11-15H2,1-2H3,(H,27,32)(H,28,29)(H,30,31). The fraction of sp³-hybridized carbons (Fsp3) is 0.423. The number of nitrogens with one attached hydrogen (secondary N) is 2. The van der Waals surface area contributed by atoms with Gasteiger partial charge < -0.3 is 20.5 Å². The summed E-state index contributed by atoms with van der Waals surface area (Å²) in [5, 5.41) is 14.7. The van der Waals surface area contributed by atoms with E-state index < -0.39 is 23.6 Å². The summed E-state index contributed by atoms with van der Waals surface area (Å²) < 4.78 is 5.61. The molecule has 0 spiro atoms. The molecule has 1 fully saturated rings. The number of carboxylic acids is 1. The lowest BCUT2D eigenvalue weighted by Crippen LogP contribution is -2.45. The van der Waals surface area contributed by atoms with Crippen LogP contribution in [0.2, 0.25) is 0 Å². The number of carbonyl (C=O) groups excluding carboxylic acids is 2. The van der Waals surface area contributed by atoms with Crippen LogP contribution in [-0.2, 0) is 14.3 Å². The quantitative estimate of drug-likeness (QED) is 0.534. The molecule has 2 aliphatic carbocycles. The minimum absolute atomic E-state index is 0.00543. The monoisotopic (exact) mass is 450 g/mol. The topological polar surface area (TPSA) is 105 Å². The van der Waals surface area contributed by atoms with E-state index in [-0.39, 0.29) is 37.2 Å². The van der Waals surface area contributed by atoms with Gasteiger partial charge >= 0.3 is 12.1 Å². The molecule has 2 aromatic rings. The minimum atomic E-state index is -0.926. The van der Waals surface area contributed by atoms with Crippen molar-refractivity contribution in [3.05, 3.63) is 59.7 Å². The molecule has 33 heavy (non-hydrogen) atoms. The van der Waals surface area contributed by atoms with Gasteiger partial charge in [0.15, 0.2) is 0 Å². The van der Waals surface area contributed by atoms with E-state index in [1.807, 2.05) is 38.1 Å². The van der Waals surface area contributed by atoms with Crippen molar-refractivity contribution < 1.29 is 24.2 Å². The van der Waals surface area contributed by atoms with Gasteiger partial charge in [-0.3, -0.25) is 9.59 Å². The fourth-order valence-electron chi connectivity index (χ4n) is 4.58. The molecule has 1 saturated carbocycles. The molecule has 7 nitrogen and oxygen atoms in total. The Morgan fingerprint density at radius 3 is 2.12 bits per heavy atom. The molecule has 174 valence electrons. The summed E-state index contributed by atoms with van der Waals surface area (Å²) in [6.07, 6.45) is 0.762. The van der Waals surface area contributed by atoms with Crippen molar-refractivity contribution in [2.45, 2.75) is 57.0 Å². The van der Waals surface area contributed by atoms with Gasteiger partial charge in [-0.25, -0.2) is 4.79 Å². The summed E-state index contributed by atoms with van der Waals surface area (Å²) in [6, 6.07) is 15.9. The highest BCUT2D eigenvalue weighted by molar-refractivity contribution is 5.81. The second-order valence-corrected chi connectivity index (χ2v) is 9.42. The summed E-state index contributed by atoms with van der Waals surface area (Å²) in [5.41, 5.74) is 3.97. The number of hydrogen-bond acceptors (Lipinski definition) is 4. The smallest absolute Gasteiger partial charge is 0.407 e. The normalized spacial score (nSPS) is 16.5. The third-order valence-corrected chi connectivity index (χ3v) is 6.60. The van der Waals surface area contributed by atoms with Crippen LogP contribution in [0.3, 0.4) is 0 Å². The summed E-state index contributed by atoms with van der Waals surface area (Å²) in [6.45, 7) is 4.05. The van der Waals surface area contributed by atoms with Gasteiger partial charge in [-0.2, -0.15) is 0 Å². The predicted molar refractivity (Wildman–Crippen MR) is 124 cm³/mol. The van der Waals surface area contributed by atoms with Gasteiger partial charge in [-0.05, 0) is 41.0 Å². The molecule has 0 heterocycles. The lowest BCUT2D eigenvalue weighted by Gasteiger charge is -2.24. The van der Waals surface area contributed by atoms with E-state index in [1.165, 1.54) is 0 Å². The second-order valence-electron chi connectivity index (χ2n) is 9.42. The molecule has 1 unspecified atom stereocenters. The molecule has 0 saturated heterocycles. The number of ether oxygens (including phenoxy) is 1. The van der Waals surface area contributed by atoms with Gasteiger partial charge in [0.2, 0.25) is 5.91 Å². The molecular weight excluding hydrogens is 420 g/mol.